The predicted octanol–water partition coefficient (Wildman–Crippen LogP) is 2.28. The number of hydrogen-bond acceptors (Lipinski definition) is 2. The summed E-state index contributed by atoms with van der Waals surface area (Å²) in [6, 6.07) is 10.5. The number of fused-ring (bicyclic) bond motifs is 1. The number of rotatable bonds is 5. The maximum Gasteiger partial charge on any atom is 0.317 e. The fraction of sp³-hybridized carbons (Fsp3) is 0.261. The zero-order valence-electron chi connectivity index (χ0n) is 16.4. The molecule has 1 amide bonds. The Morgan fingerprint density at radius 1 is 1.28 bits per heavy atom. The van der Waals surface area contributed by atoms with Crippen LogP contribution in [0.15, 0.2) is 48.8 Å². The maximum absolute atomic E-state index is 13.5. The lowest BCUT2D eigenvalue weighted by molar-refractivity contribution is -0.115. The number of benzene rings is 2. The Bertz CT molecular complexity index is 1250. The van der Waals surface area contributed by atoms with Gasteiger partial charge in [-0.05, 0) is 49.4 Å². The van der Waals surface area contributed by atoms with Crippen molar-refractivity contribution >= 4 is 17.3 Å². The first-order valence-corrected chi connectivity index (χ1v) is 9.97. The molecule has 0 unspecified atom stereocenters. The average Bonchev–Trinajstić information content (AvgIpc) is 3.46. The van der Waals surface area contributed by atoms with E-state index in [1.54, 1.807) is 19.2 Å². The third kappa shape index (κ3) is 2.78. The minimum atomic E-state index is -0.300. The molecule has 146 valence electrons. The SMILES string of the molecule is CCn1ccnc1-c1cc2c(cc1C1CC1)=C(C(=O)NC)[N+]=2c1ccc(F)cc1. The molecule has 0 radical (unpaired) electrons. The second kappa shape index (κ2) is 6.65. The molecule has 1 aliphatic carbocycles. The van der Waals surface area contributed by atoms with Crippen LogP contribution >= 0.6 is 0 Å². The largest absolute Gasteiger partial charge is 0.350 e. The van der Waals surface area contributed by atoms with Gasteiger partial charge in [0.1, 0.15) is 16.9 Å². The molecule has 29 heavy (non-hydrogen) atoms. The smallest absolute Gasteiger partial charge is 0.317 e. The highest BCUT2D eigenvalue weighted by molar-refractivity contribution is 6.15. The molecule has 2 heterocycles. The lowest BCUT2D eigenvalue weighted by Crippen LogP contribution is -2.53. The zero-order chi connectivity index (χ0) is 20.1. The van der Waals surface area contributed by atoms with Crippen molar-refractivity contribution in [1.29, 1.82) is 0 Å². The zero-order valence-corrected chi connectivity index (χ0v) is 16.4. The summed E-state index contributed by atoms with van der Waals surface area (Å²) in [7, 11) is 1.63. The quantitative estimate of drug-likeness (QED) is 0.681. The van der Waals surface area contributed by atoms with Crippen molar-refractivity contribution in [2.24, 2.45) is 0 Å². The van der Waals surface area contributed by atoms with Crippen LogP contribution in [-0.4, -0.2) is 22.5 Å². The molecule has 0 bridgehead atoms. The highest BCUT2D eigenvalue weighted by Crippen LogP contribution is 2.43. The molecule has 0 saturated heterocycles. The summed E-state index contributed by atoms with van der Waals surface area (Å²) >= 11 is 0. The number of carbonyl (C=O) groups excluding carboxylic acids is 1. The first-order valence-electron chi connectivity index (χ1n) is 9.97. The van der Waals surface area contributed by atoms with E-state index in [1.807, 2.05) is 17.0 Å². The Balaban J connectivity index is 1.80. The third-order valence-corrected chi connectivity index (χ3v) is 5.73. The molecule has 1 aromatic heterocycles. The molecule has 5 nitrogen and oxygen atoms in total. The highest BCUT2D eigenvalue weighted by atomic mass is 19.1. The van der Waals surface area contributed by atoms with Crippen molar-refractivity contribution in [3.63, 3.8) is 0 Å². The van der Waals surface area contributed by atoms with E-state index < -0.39 is 0 Å². The summed E-state index contributed by atoms with van der Waals surface area (Å²) in [5.74, 6) is 1.02. The van der Waals surface area contributed by atoms with Crippen LogP contribution in [0.5, 0.6) is 0 Å². The summed E-state index contributed by atoms with van der Waals surface area (Å²) in [5.41, 5.74) is 3.73. The molecule has 1 N–H and O–H groups in total. The summed E-state index contributed by atoms with van der Waals surface area (Å²) in [4.78, 5) is 17.2. The van der Waals surface area contributed by atoms with Crippen LogP contribution in [-0.2, 0) is 11.3 Å². The van der Waals surface area contributed by atoms with E-state index in [2.05, 4.69) is 33.9 Å². The minimum Gasteiger partial charge on any atom is -0.350 e. The van der Waals surface area contributed by atoms with Gasteiger partial charge in [0, 0.05) is 49.7 Å². The van der Waals surface area contributed by atoms with Crippen molar-refractivity contribution in [3.05, 3.63) is 70.7 Å². The molecule has 2 aliphatic rings. The normalized spacial score (nSPS) is 15.1. The van der Waals surface area contributed by atoms with Gasteiger partial charge in [0.15, 0.2) is 0 Å². The van der Waals surface area contributed by atoms with Gasteiger partial charge in [0.05, 0.1) is 0 Å². The summed E-state index contributed by atoms with van der Waals surface area (Å²) in [6.07, 6.45) is 6.14. The van der Waals surface area contributed by atoms with Crippen LogP contribution in [0, 0.1) is 5.82 Å². The molecule has 1 fully saturated rings. The van der Waals surface area contributed by atoms with E-state index in [0.717, 1.165) is 47.0 Å². The fourth-order valence-electron chi connectivity index (χ4n) is 4.10. The van der Waals surface area contributed by atoms with Gasteiger partial charge in [0.2, 0.25) is 11.0 Å². The van der Waals surface area contributed by atoms with Crippen molar-refractivity contribution in [1.82, 2.24) is 19.4 Å². The van der Waals surface area contributed by atoms with E-state index in [1.165, 1.54) is 17.7 Å². The Kier molecular flexibility index (Phi) is 4.08. The number of likely N-dealkylation sites (N-methyl/N-ethyl adjacent to an activating group) is 1. The lowest BCUT2D eigenvalue weighted by atomic mass is 9.97. The second-order valence-corrected chi connectivity index (χ2v) is 7.51. The van der Waals surface area contributed by atoms with E-state index in [-0.39, 0.29) is 11.7 Å². The summed E-state index contributed by atoms with van der Waals surface area (Å²) in [5, 5.41) is 4.62. The van der Waals surface area contributed by atoms with Crippen molar-refractivity contribution in [2.75, 3.05) is 7.05 Å². The molecule has 6 heteroatoms. The Morgan fingerprint density at radius 3 is 2.69 bits per heavy atom. The average molecular weight is 389 g/mol. The van der Waals surface area contributed by atoms with Crippen LogP contribution < -0.4 is 20.5 Å². The number of halogens is 1. The van der Waals surface area contributed by atoms with Crippen LogP contribution in [0.1, 0.15) is 31.2 Å². The number of amides is 1. The van der Waals surface area contributed by atoms with E-state index in [4.69, 9.17) is 0 Å². The van der Waals surface area contributed by atoms with Crippen LogP contribution in [0.3, 0.4) is 0 Å². The number of aromatic nitrogens is 2. The van der Waals surface area contributed by atoms with E-state index >= 15 is 0 Å². The third-order valence-electron chi connectivity index (χ3n) is 5.73. The Labute approximate surface area is 167 Å². The molecular formula is C23H22FN4O+. The van der Waals surface area contributed by atoms with Gasteiger partial charge in [0.25, 0.3) is 5.70 Å². The number of imidazole rings is 1. The monoisotopic (exact) mass is 389 g/mol. The number of hydrogen-bond donors (Lipinski definition) is 1. The topological polar surface area (TPSA) is 49.9 Å². The van der Waals surface area contributed by atoms with Crippen molar-refractivity contribution in [3.8, 4) is 11.4 Å². The first-order chi connectivity index (χ1) is 14.1. The molecule has 1 saturated carbocycles. The van der Waals surface area contributed by atoms with Gasteiger partial charge in [-0.1, -0.05) is 0 Å². The Morgan fingerprint density at radius 2 is 2.03 bits per heavy atom. The van der Waals surface area contributed by atoms with Crippen molar-refractivity contribution < 1.29 is 9.18 Å². The maximum atomic E-state index is 13.5. The molecular weight excluding hydrogens is 367 g/mol. The van der Waals surface area contributed by atoms with Crippen LogP contribution in [0.25, 0.3) is 17.1 Å². The van der Waals surface area contributed by atoms with E-state index in [0.29, 0.717) is 11.6 Å². The predicted molar refractivity (Wildman–Crippen MR) is 109 cm³/mol. The number of nitrogens with zero attached hydrogens (tertiary/aromatic N) is 3. The highest BCUT2D eigenvalue weighted by Gasteiger charge is 2.37. The molecule has 3 aromatic rings. The lowest BCUT2D eigenvalue weighted by Gasteiger charge is -2.16. The fourth-order valence-corrected chi connectivity index (χ4v) is 4.10. The van der Waals surface area contributed by atoms with Gasteiger partial charge in [-0.3, -0.25) is 4.79 Å². The van der Waals surface area contributed by atoms with Gasteiger partial charge in [-0.25, -0.2) is 9.37 Å². The van der Waals surface area contributed by atoms with Gasteiger partial charge >= 0.3 is 5.91 Å². The standard InChI is InChI=1S/C23H21FN4O/c1-3-27-11-10-26-22(27)18-13-20-19(12-17(18)14-4-5-14)21(23(29)25-2)28(20)16-8-6-15(24)7-9-16/h6-14H,3-5H2,1-2H3/p+1. The summed E-state index contributed by atoms with van der Waals surface area (Å²) in [6.45, 7) is 2.94. The number of aryl methyl sites for hydroxylation is 1. The van der Waals surface area contributed by atoms with E-state index in [9.17, 15) is 9.18 Å². The molecule has 5 rings (SSSR count). The molecule has 2 aromatic carbocycles. The number of nitrogens with one attached hydrogen (secondary N) is 1. The van der Waals surface area contributed by atoms with Crippen LogP contribution in [0.2, 0.25) is 0 Å². The van der Waals surface area contributed by atoms with Crippen LogP contribution in [0.4, 0.5) is 10.1 Å². The van der Waals surface area contributed by atoms with Gasteiger partial charge in [-0.2, -0.15) is 0 Å². The first kappa shape index (κ1) is 17.8. The minimum absolute atomic E-state index is 0.147. The summed E-state index contributed by atoms with van der Waals surface area (Å²) < 4.78 is 17.5. The molecule has 1 aliphatic heterocycles. The number of carbonyl (C=O) groups is 1. The van der Waals surface area contributed by atoms with Crippen molar-refractivity contribution in [2.45, 2.75) is 32.2 Å². The van der Waals surface area contributed by atoms with Gasteiger partial charge < -0.3 is 9.88 Å². The van der Waals surface area contributed by atoms with Gasteiger partial charge in [-0.15, -0.1) is 4.58 Å². The Hall–Kier alpha value is -3.28. The second-order valence-electron chi connectivity index (χ2n) is 7.51. The molecule has 0 spiro atoms. The molecule has 0 atom stereocenters.